The van der Waals surface area contributed by atoms with Crippen LogP contribution in [-0.4, -0.2) is 31.6 Å². The summed E-state index contributed by atoms with van der Waals surface area (Å²) in [4.78, 5) is 28.1. The van der Waals surface area contributed by atoms with Crippen LogP contribution in [0.25, 0.3) is 6.08 Å². The summed E-state index contributed by atoms with van der Waals surface area (Å²) in [6, 6.07) is 25.2. The maximum atomic E-state index is 13.8. The molecular weight excluding hydrogens is 576 g/mol. The molecule has 0 atom stereocenters. The van der Waals surface area contributed by atoms with Crippen molar-refractivity contribution in [3.63, 3.8) is 0 Å². The SMILES string of the molecule is COC(=O)C1=C(C)N(c2ccc(C)c(C)c2)/C(=C/c2ccc(CN(Cc3ccccc3)S(=O)(=O)c3ccc(C)cc3)o2)C1=O. The minimum Gasteiger partial charge on any atom is -0.465 e. The predicted molar refractivity (Wildman–Crippen MR) is 169 cm³/mol. The fourth-order valence-electron chi connectivity index (χ4n) is 5.09. The molecule has 3 aromatic carbocycles. The van der Waals surface area contributed by atoms with Crippen LogP contribution in [0.1, 0.15) is 40.7 Å². The zero-order valence-corrected chi connectivity index (χ0v) is 26.1. The Morgan fingerprint density at radius 3 is 2.25 bits per heavy atom. The van der Waals surface area contributed by atoms with Gasteiger partial charge in [0.15, 0.2) is 0 Å². The fraction of sp³-hybridized carbons (Fsp3) is 0.200. The Bertz CT molecular complexity index is 1890. The minimum atomic E-state index is -3.88. The minimum absolute atomic E-state index is 0.0339. The number of allylic oxidation sites excluding steroid dienone is 2. The average molecular weight is 611 g/mol. The number of nitrogens with zero attached hydrogens (tertiary/aromatic N) is 2. The monoisotopic (exact) mass is 610 g/mol. The van der Waals surface area contributed by atoms with Crippen LogP contribution < -0.4 is 4.90 Å². The predicted octanol–water partition coefficient (Wildman–Crippen LogP) is 6.47. The first kappa shape index (κ1) is 30.7. The molecule has 9 heteroatoms. The van der Waals surface area contributed by atoms with Crippen molar-refractivity contribution in [3.8, 4) is 0 Å². The molecule has 1 aliphatic rings. The van der Waals surface area contributed by atoms with Crippen LogP contribution in [0.15, 0.2) is 111 Å². The van der Waals surface area contributed by atoms with E-state index in [4.69, 9.17) is 9.15 Å². The quantitative estimate of drug-likeness (QED) is 0.122. The summed E-state index contributed by atoms with van der Waals surface area (Å²) in [6.07, 6.45) is 1.57. The summed E-state index contributed by atoms with van der Waals surface area (Å²) in [7, 11) is -2.64. The highest BCUT2D eigenvalue weighted by Gasteiger charge is 2.38. The summed E-state index contributed by atoms with van der Waals surface area (Å²) >= 11 is 0. The van der Waals surface area contributed by atoms with Gasteiger partial charge >= 0.3 is 5.97 Å². The number of hydrogen-bond acceptors (Lipinski definition) is 7. The van der Waals surface area contributed by atoms with Gasteiger partial charge in [-0.2, -0.15) is 4.31 Å². The van der Waals surface area contributed by atoms with Crippen molar-refractivity contribution in [1.82, 2.24) is 4.31 Å². The van der Waals surface area contributed by atoms with Crippen molar-refractivity contribution in [1.29, 1.82) is 0 Å². The number of hydrogen-bond donors (Lipinski definition) is 0. The molecular formula is C35H34N2O6S. The van der Waals surface area contributed by atoms with Crippen molar-refractivity contribution in [2.24, 2.45) is 0 Å². The third-order valence-corrected chi connectivity index (χ3v) is 9.50. The standard InChI is InChI=1S/C35H34N2O6S/c1-23-11-17-31(18-12-23)44(40,41)36(21-27-9-7-6-8-10-27)22-30-16-15-29(43-30)20-32-34(38)33(35(39)42-5)26(4)37(32)28-14-13-24(2)25(3)19-28/h6-20H,21-22H2,1-5H3/b32-20+. The number of Topliss-reactive ketones (excluding diaryl/α,β-unsaturated/α-hetero) is 1. The molecule has 4 aromatic rings. The lowest BCUT2D eigenvalue weighted by Crippen LogP contribution is -2.30. The number of sulfonamides is 1. The van der Waals surface area contributed by atoms with E-state index in [0.717, 1.165) is 22.3 Å². The van der Waals surface area contributed by atoms with E-state index in [1.807, 2.05) is 69.3 Å². The van der Waals surface area contributed by atoms with Crippen molar-refractivity contribution in [2.75, 3.05) is 12.0 Å². The molecule has 226 valence electrons. The maximum absolute atomic E-state index is 13.8. The normalized spacial score (nSPS) is 14.6. The van der Waals surface area contributed by atoms with Crippen molar-refractivity contribution < 1.29 is 27.2 Å². The number of methoxy groups -OCH3 is 1. The molecule has 0 amide bonds. The molecule has 0 saturated carbocycles. The maximum Gasteiger partial charge on any atom is 0.343 e. The molecule has 0 bridgehead atoms. The second kappa shape index (κ2) is 12.5. The first-order valence-corrected chi connectivity index (χ1v) is 15.6. The molecule has 1 aliphatic heterocycles. The Morgan fingerprint density at radius 1 is 0.886 bits per heavy atom. The number of aryl methyl sites for hydroxylation is 3. The molecule has 0 spiro atoms. The molecule has 0 unspecified atom stereocenters. The van der Waals surface area contributed by atoms with Crippen LogP contribution in [0.4, 0.5) is 5.69 Å². The van der Waals surface area contributed by atoms with Crippen LogP contribution in [0.2, 0.25) is 0 Å². The molecule has 5 rings (SSSR count). The second-order valence-corrected chi connectivity index (χ2v) is 12.7. The van der Waals surface area contributed by atoms with Crippen LogP contribution in [0.3, 0.4) is 0 Å². The van der Waals surface area contributed by atoms with E-state index in [0.29, 0.717) is 22.9 Å². The number of carbonyl (C=O) groups excluding carboxylic acids is 2. The molecule has 0 radical (unpaired) electrons. The number of ether oxygens (including phenoxy) is 1. The van der Waals surface area contributed by atoms with Crippen LogP contribution >= 0.6 is 0 Å². The number of rotatable bonds is 9. The largest absolute Gasteiger partial charge is 0.465 e. The van der Waals surface area contributed by atoms with Crippen LogP contribution in [0, 0.1) is 20.8 Å². The van der Waals surface area contributed by atoms with Crippen molar-refractivity contribution >= 4 is 33.5 Å². The lowest BCUT2D eigenvalue weighted by Gasteiger charge is -2.22. The van der Waals surface area contributed by atoms with E-state index in [9.17, 15) is 18.0 Å². The van der Waals surface area contributed by atoms with Gasteiger partial charge in [-0.1, -0.05) is 54.1 Å². The van der Waals surface area contributed by atoms with Gasteiger partial charge in [0.1, 0.15) is 17.1 Å². The average Bonchev–Trinajstić information content (AvgIpc) is 3.55. The van der Waals surface area contributed by atoms with Gasteiger partial charge in [0, 0.05) is 24.0 Å². The molecule has 2 heterocycles. The lowest BCUT2D eigenvalue weighted by molar-refractivity contribution is -0.137. The van der Waals surface area contributed by atoms with Crippen LogP contribution in [0.5, 0.6) is 0 Å². The van der Waals surface area contributed by atoms with Gasteiger partial charge in [0.2, 0.25) is 15.8 Å². The molecule has 0 aliphatic carbocycles. The third-order valence-electron chi connectivity index (χ3n) is 7.69. The Morgan fingerprint density at radius 2 is 1.59 bits per heavy atom. The summed E-state index contributed by atoms with van der Waals surface area (Å²) in [5.41, 5.74) is 5.24. The molecule has 44 heavy (non-hydrogen) atoms. The van der Waals surface area contributed by atoms with Gasteiger partial charge in [-0.15, -0.1) is 0 Å². The van der Waals surface area contributed by atoms with Gasteiger partial charge < -0.3 is 14.1 Å². The third kappa shape index (κ3) is 6.15. The molecule has 0 fully saturated rings. The molecule has 0 saturated heterocycles. The highest BCUT2D eigenvalue weighted by atomic mass is 32.2. The first-order chi connectivity index (χ1) is 21.0. The second-order valence-electron chi connectivity index (χ2n) is 10.8. The molecule has 8 nitrogen and oxygen atoms in total. The van der Waals surface area contributed by atoms with Gasteiger partial charge in [-0.25, -0.2) is 13.2 Å². The van der Waals surface area contributed by atoms with E-state index in [-0.39, 0.29) is 29.3 Å². The van der Waals surface area contributed by atoms with E-state index in [1.54, 1.807) is 54.3 Å². The Balaban J connectivity index is 1.50. The topological polar surface area (TPSA) is 97.1 Å². The summed E-state index contributed by atoms with van der Waals surface area (Å²) < 4.78 is 39.9. The molecule has 0 N–H and O–H groups in total. The van der Waals surface area contributed by atoms with E-state index in [2.05, 4.69) is 0 Å². The Labute approximate surface area is 257 Å². The number of esters is 1. The number of ketones is 1. The number of furan rings is 1. The van der Waals surface area contributed by atoms with E-state index < -0.39 is 21.8 Å². The first-order valence-electron chi connectivity index (χ1n) is 14.1. The lowest BCUT2D eigenvalue weighted by atomic mass is 10.1. The highest BCUT2D eigenvalue weighted by molar-refractivity contribution is 7.89. The summed E-state index contributed by atoms with van der Waals surface area (Å²) in [5.74, 6) is -0.478. The summed E-state index contributed by atoms with van der Waals surface area (Å²) in [6.45, 7) is 7.68. The smallest absolute Gasteiger partial charge is 0.343 e. The Hall–Kier alpha value is -4.73. The highest BCUT2D eigenvalue weighted by Crippen LogP contribution is 2.36. The number of anilines is 1. The Kier molecular flexibility index (Phi) is 8.71. The fourth-order valence-corrected chi connectivity index (χ4v) is 6.49. The van der Waals surface area contributed by atoms with E-state index >= 15 is 0 Å². The van der Waals surface area contributed by atoms with Gasteiger partial charge in [0.25, 0.3) is 0 Å². The zero-order chi connectivity index (χ0) is 31.6. The van der Waals surface area contributed by atoms with E-state index in [1.165, 1.54) is 11.4 Å². The van der Waals surface area contributed by atoms with Crippen molar-refractivity contribution in [2.45, 2.75) is 45.7 Å². The molecule has 1 aromatic heterocycles. The number of carbonyl (C=O) groups is 2. The zero-order valence-electron chi connectivity index (χ0n) is 25.3. The van der Waals surface area contributed by atoms with Gasteiger partial charge in [0.05, 0.1) is 24.2 Å². The van der Waals surface area contributed by atoms with Gasteiger partial charge in [-0.3, -0.25) is 4.79 Å². The van der Waals surface area contributed by atoms with Crippen molar-refractivity contribution in [3.05, 3.63) is 136 Å². The van der Waals surface area contributed by atoms with Crippen LogP contribution in [-0.2, 0) is 37.4 Å². The van der Waals surface area contributed by atoms with Gasteiger partial charge in [-0.05, 0) is 80.8 Å². The number of benzene rings is 3. The summed E-state index contributed by atoms with van der Waals surface area (Å²) in [5, 5.41) is 0.